The number of rotatable bonds is 6. The van der Waals surface area contributed by atoms with Crippen molar-refractivity contribution in [2.75, 3.05) is 42.0 Å². The van der Waals surface area contributed by atoms with Gasteiger partial charge in [-0.3, -0.25) is 25.2 Å². The fraction of sp³-hybridized carbons (Fsp3) is 0.348. The van der Waals surface area contributed by atoms with Crippen molar-refractivity contribution in [1.82, 2.24) is 4.90 Å². The largest absolute Gasteiger partial charge is 0.444 e. The molecule has 33 heavy (non-hydrogen) atoms. The number of primary amides is 1. The van der Waals surface area contributed by atoms with E-state index in [9.17, 15) is 19.6 Å². The van der Waals surface area contributed by atoms with Crippen LogP contribution >= 0.6 is 0 Å². The van der Waals surface area contributed by atoms with Crippen LogP contribution in [-0.2, 0) is 16.1 Å². The van der Waals surface area contributed by atoms with Gasteiger partial charge in [-0.25, -0.2) is 4.79 Å². The van der Waals surface area contributed by atoms with E-state index in [2.05, 4.69) is 10.4 Å². The molecule has 0 atom stereocenters. The Kier molecular flexibility index (Phi) is 6.36. The lowest BCUT2D eigenvalue weighted by molar-refractivity contribution is -0.118. The first-order valence-corrected chi connectivity index (χ1v) is 10.8. The minimum atomic E-state index is -0.606. The number of cyclic esters (lactones) is 1. The van der Waals surface area contributed by atoms with Crippen molar-refractivity contribution in [1.29, 1.82) is 0 Å². The molecular formula is C23H27N5O5. The second-order valence-corrected chi connectivity index (χ2v) is 8.24. The Morgan fingerprint density at radius 3 is 2.61 bits per heavy atom. The quantitative estimate of drug-likeness (QED) is 0.572. The molecule has 4 N–H and O–H groups in total. The highest BCUT2D eigenvalue weighted by atomic mass is 16.6. The maximum Gasteiger partial charge on any atom is 0.414 e. The maximum absolute atomic E-state index is 12.5. The van der Waals surface area contributed by atoms with Gasteiger partial charge in [0.15, 0.2) is 0 Å². The number of carbonyl (C=O) groups excluding carboxylic acids is 3. The van der Waals surface area contributed by atoms with Gasteiger partial charge in [0.2, 0.25) is 5.91 Å². The van der Waals surface area contributed by atoms with E-state index in [0.29, 0.717) is 24.3 Å². The third-order valence-electron chi connectivity index (χ3n) is 6.07. The van der Waals surface area contributed by atoms with Gasteiger partial charge in [-0.2, -0.15) is 0 Å². The predicted molar refractivity (Wildman–Crippen MR) is 122 cm³/mol. The topological polar surface area (TPSA) is 128 Å². The summed E-state index contributed by atoms with van der Waals surface area (Å²) >= 11 is 0. The van der Waals surface area contributed by atoms with E-state index in [-0.39, 0.29) is 31.2 Å². The van der Waals surface area contributed by atoms with Gasteiger partial charge >= 0.3 is 6.09 Å². The minimum Gasteiger partial charge on any atom is -0.444 e. The molecule has 4 rings (SSSR count). The number of ether oxygens (including phenoxy) is 1. The number of piperidine rings is 1. The fourth-order valence-electron chi connectivity index (χ4n) is 4.45. The summed E-state index contributed by atoms with van der Waals surface area (Å²) in [5.41, 5.74) is 10.7. The number of likely N-dealkylation sites (N-methyl/N-ethyl adjacent to an activating group) is 1. The number of nitrogens with zero attached hydrogens (tertiary/aromatic N) is 3. The Hall–Kier alpha value is -3.79. The van der Waals surface area contributed by atoms with Crippen molar-refractivity contribution >= 4 is 35.0 Å². The van der Waals surface area contributed by atoms with Crippen molar-refractivity contribution < 1.29 is 24.3 Å². The van der Waals surface area contributed by atoms with Crippen molar-refractivity contribution in [3.8, 4) is 0 Å². The molecule has 2 aliphatic heterocycles. The number of hydrogen-bond acceptors (Lipinski definition) is 7. The summed E-state index contributed by atoms with van der Waals surface area (Å²) in [5.74, 6) is -0.983. The summed E-state index contributed by atoms with van der Waals surface area (Å²) in [6.45, 7) is 1.40. The van der Waals surface area contributed by atoms with E-state index in [0.717, 1.165) is 29.8 Å². The number of fused-ring (bicyclic) bond motifs is 1. The lowest BCUT2D eigenvalue weighted by Gasteiger charge is -2.41. The van der Waals surface area contributed by atoms with Gasteiger partial charge in [-0.05, 0) is 37.1 Å². The van der Waals surface area contributed by atoms with Gasteiger partial charge in [-0.1, -0.05) is 18.2 Å². The minimum absolute atomic E-state index is 0.00374. The van der Waals surface area contributed by atoms with Crippen LogP contribution in [0.5, 0.6) is 0 Å². The van der Waals surface area contributed by atoms with E-state index in [1.165, 1.54) is 11.9 Å². The van der Waals surface area contributed by atoms with Crippen LogP contribution in [0.15, 0.2) is 42.5 Å². The monoisotopic (exact) mass is 453 g/mol. The molecule has 2 aromatic carbocycles. The van der Waals surface area contributed by atoms with Gasteiger partial charge in [0.25, 0.3) is 5.91 Å². The van der Waals surface area contributed by atoms with Gasteiger partial charge in [0.1, 0.15) is 6.61 Å². The first-order valence-electron chi connectivity index (χ1n) is 10.8. The zero-order valence-electron chi connectivity index (χ0n) is 18.4. The summed E-state index contributed by atoms with van der Waals surface area (Å²) in [4.78, 5) is 41.2. The molecule has 0 radical (unpaired) electrons. The highest BCUT2D eigenvalue weighted by Crippen LogP contribution is 2.34. The summed E-state index contributed by atoms with van der Waals surface area (Å²) in [7, 11) is 1.49. The Balaban J connectivity index is 1.47. The van der Waals surface area contributed by atoms with Crippen LogP contribution in [0.4, 0.5) is 21.9 Å². The van der Waals surface area contributed by atoms with Crippen LogP contribution < -0.4 is 21.0 Å². The molecule has 0 bridgehead atoms. The standard InChI is InChI=1S/C23H27N5O5/c1-26(13-21(24)29)22(30)15-6-7-20(18(12-15)25-32)27-10-8-17(9-11-27)28-19-5-3-2-4-16(19)14-33-23(28)31/h2-7,12,17,25,32H,8-11,13-14H2,1H3,(H2,24,29). The second-order valence-electron chi connectivity index (χ2n) is 8.24. The highest BCUT2D eigenvalue weighted by Gasteiger charge is 2.34. The van der Waals surface area contributed by atoms with Crippen LogP contribution in [0, 0.1) is 0 Å². The maximum atomic E-state index is 12.5. The molecule has 1 fully saturated rings. The molecule has 2 aliphatic rings. The van der Waals surface area contributed by atoms with Gasteiger partial charge < -0.3 is 20.3 Å². The normalized spacial score (nSPS) is 16.1. The van der Waals surface area contributed by atoms with E-state index in [4.69, 9.17) is 10.5 Å². The van der Waals surface area contributed by atoms with Crippen molar-refractivity contribution in [3.05, 3.63) is 53.6 Å². The van der Waals surface area contributed by atoms with E-state index >= 15 is 0 Å². The fourth-order valence-corrected chi connectivity index (χ4v) is 4.45. The summed E-state index contributed by atoms with van der Waals surface area (Å²) < 4.78 is 5.36. The van der Waals surface area contributed by atoms with Crippen molar-refractivity contribution in [2.45, 2.75) is 25.5 Å². The number of para-hydroxylation sites is 1. The molecule has 174 valence electrons. The third-order valence-corrected chi connectivity index (χ3v) is 6.07. The van der Waals surface area contributed by atoms with Crippen molar-refractivity contribution in [2.24, 2.45) is 5.73 Å². The molecule has 10 nitrogen and oxygen atoms in total. The molecule has 0 saturated carbocycles. The molecule has 0 aromatic heterocycles. The molecule has 0 unspecified atom stereocenters. The Morgan fingerprint density at radius 1 is 1.18 bits per heavy atom. The molecule has 10 heteroatoms. The summed E-state index contributed by atoms with van der Waals surface area (Å²) in [6, 6.07) is 12.7. The SMILES string of the molecule is CN(CC(N)=O)C(=O)c1ccc(N2CCC(N3C(=O)OCc4ccccc43)CC2)c(NO)c1. The molecule has 0 spiro atoms. The van der Waals surface area contributed by atoms with Crippen LogP contribution in [0.1, 0.15) is 28.8 Å². The zero-order valence-corrected chi connectivity index (χ0v) is 18.4. The molecule has 2 aromatic rings. The van der Waals surface area contributed by atoms with Crippen LogP contribution in [0.25, 0.3) is 0 Å². The van der Waals surface area contributed by atoms with Crippen LogP contribution in [0.2, 0.25) is 0 Å². The van der Waals surface area contributed by atoms with E-state index < -0.39 is 5.91 Å². The van der Waals surface area contributed by atoms with Crippen LogP contribution in [0.3, 0.4) is 0 Å². The highest BCUT2D eigenvalue weighted by molar-refractivity contribution is 5.98. The van der Waals surface area contributed by atoms with Crippen molar-refractivity contribution in [3.63, 3.8) is 0 Å². The van der Waals surface area contributed by atoms with Gasteiger partial charge in [-0.15, -0.1) is 0 Å². The molecule has 3 amide bonds. The number of anilines is 3. The Morgan fingerprint density at radius 2 is 1.91 bits per heavy atom. The molecule has 1 saturated heterocycles. The van der Waals surface area contributed by atoms with E-state index in [1.54, 1.807) is 23.1 Å². The molecular weight excluding hydrogens is 426 g/mol. The number of carbonyl (C=O) groups is 3. The molecule has 2 heterocycles. The summed E-state index contributed by atoms with van der Waals surface area (Å²) in [6.07, 6.45) is 1.11. The number of hydrogen-bond donors (Lipinski definition) is 3. The Bertz CT molecular complexity index is 1070. The first kappa shape index (κ1) is 22.4. The number of nitrogens with two attached hydrogens (primary N) is 1. The Labute approximate surface area is 191 Å². The van der Waals surface area contributed by atoms with E-state index in [1.807, 2.05) is 24.3 Å². The second kappa shape index (κ2) is 9.37. The smallest absolute Gasteiger partial charge is 0.414 e. The predicted octanol–water partition coefficient (Wildman–Crippen LogP) is 2.17. The number of benzene rings is 2. The first-order chi connectivity index (χ1) is 15.9. The average molecular weight is 453 g/mol. The zero-order chi connectivity index (χ0) is 23.5. The lowest BCUT2D eigenvalue weighted by Crippen LogP contribution is -2.49. The number of amides is 3. The summed E-state index contributed by atoms with van der Waals surface area (Å²) in [5, 5.41) is 9.69. The van der Waals surface area contributed by atoms with Crippen LogP contribution in [-0.4, -0.2) is 60.7 Å². The van der Waals surface area contributed by atoms with Gasteiger partial charge in [0.05, 0.1) is 23.6 Å². The third kappa shape index (κ3) is 4.56. The van der Waals surface area contributed by atoms with Gasteiger partial charge in [0, 0.05) is 37.3 Å². The molecule has 0 aliphatic carbocycles. The lowest BCUT2D eigenvalue weighted by atomic mass is 9.99. The average Bonchev–Trinajstić information content (AvgIpc) is 2.83. The number of nitrogens with one attached hydrogen (secondary N) is 1.